The zero-order valence-electron chi connectivity index (χ0n) is 17.7. The predicted octanol–water partition coefficient (Wildman–Crippen LogP) is 2.62. The molecular weight excluding hydrogens is 372 g/mol. The lowest BCUT2D eigenvalue weighted by Crippen LogP contribution is -2.65. The van der Waals surface area contributed by atoms with Crippen LogP contribution in [0.4, 0.5) is 0 Å². The fourth-order valence-corrected chi connectivity index (χ4v) is 9.37. The normalized spacial score (nSPS) is 58.7. The second-order valence-electron chi connectivity index (χ2n) is 11.4. The first kappa shape index (κ1) is 18.3. The van der Waals surface area contributed by atoms with Gasteiger partial charge < -0.3 is 28.8 Å². The zero-order chi connectivity index (χ0) is 19.7. The van der Waals surface area contributed by atoms with Gasteiger partial charge in [0.1, 0.15) is 5.60 Å². The van der Waals surface area contributed by atoms with Gasteiger partial charge in [0.15, 0.2) is 11.6 Å². The van der Waals surface area contributed by atoms with Gasteiger partial charge in [-0.1, -0.05) is 13.8 Å². The molecule has 1 N–H and O–H groups in total. The number of rotatable bonds is 0. The Morgan fingerprint density at radius 1 is 0.862 bits per heavy atom. The van der Waals surface area contributed by atoms with Crippen LogP contribution in [-0.4, -0.2) is 60.9 Å². The van der Waals surface area contributed by atoms with Crippen LogP contribution in [0.2, 0.25) is 0 Å². The molecule has 3 aliphatic heterocycles. The van der Waals surface area contributed by atoms with Crippen LogP contribution < -0.4 is 0 Å². The first-order chi connectivity index (χ1) is 13.9. The van der Waals surface area contributed by atoms with E-state index in [1.807, 2.05) is 0 Å². The van der Waals surface area contributed by atoms with Crippen LogP contribution >= 0.6 is 0 Å². The van der Waals surface area contributed by atoms with Crippen molar-refractivity contribution in [2.24, 2.45) is 28.6 Å². The van der Waals surface area contributed by atoms with Crippen molar-refractivity contribution in [3.8, 4) is 0 Å². The van der Waals surface area contributed by atoms with Crippen LogP contribution in [0.1, 0.15) is 58.8 Å². The lowest BCUT2D eigenvalue weighted by molar-refractivity contribution is -0.271. The van der Waals surface area contributed by atoms with E-state index in [0.29, 0.717) is 38.3 Å². The molecule has 8 atom stereocenters. The molecule has 7 rings (SSSR count). The van der Waals surface area contributed by atoms with Gasteiger partial charge in [0.2, 0.25) is 0 Å². The predicted molar refractivity (Wildman–Crippen MR) is 102 cm³/mol. The van der Waals surface area contributed by atoms with E-state index in [9.17, 15) is 5.11 Å². The summed E-state index contributed by atoms with van der Waals surface area (Å²) in [7, 11) is 0. The van der Waals surface area contributed by atoms with Crippen LogP contribution in [0.15, 0.2) is 0 Å². The van der Waals surface area contributed by atoms with Gasteiger partial charge in [0.05, 0.1) is 38.6 Å². The Balaban J connectivity index is 1.26. The Kier molecular flexibility index (Phi) is 3.41. The molecule has 162 valence electrons. The Labute approximate surface area is 172 Å². The highest BCUT2D eigenvalue weighted by molar-refractivity contribution is 5.27. The molecule has 6 heteroatoms. The third kappa shape index (κ3) is 1.97. The Hall–Kier alpha value is -0.240. The van der Waals surface area contributed by atoms with Gasteiger partial charge in [-0.2, -0.15) is 0 Å². The highest BCUT2D eigenvalue weighted by Gasteiger charge is 2.80. The average Bonchev–Trinajstić information content (AvgIpc) is 3.06. The van der Waals surface area contributed by atoms with Gasteiger partial charge in [-0.3, -0.25) is 0 Å². The van der Waals surface area contributed by atoms with Crippen molar-refractivity contribution in [1.29, 1.82) is 0 Å². The third-order valence-electron chi connectivity index (χ3n) is 10.6. The second kappa shape index (κ2) is 5.38. The molecule has 7 aliphatic rings. The number of fused-ring (bicyclic) bond motifs is 5. The fraction of sp³-hybridized carbons (Fsp3) is 1.00. The number of hydrogen-bond acceptors (Lipinski definition) is 6. The maximum atomic E-state index is 11.6. The van der Waals surface area contributed by atoms with Crippen LogP contribution in [-0.2, 0) is 23.7 Å². The second-order valence-corrected chi connectivity index (χ2v) is 11.4. The molecule has 4 aliphatic carbocycles. The zero-order valence-corrected chi connectivity index (χ0v) is 17.7. The van der Waals surface area contributed by atoms with Gasteiger partial charge in [0.25, 0.3) is 0 Å². The van der Waals surface area contributed by atoms with E-state index < -0.39 is 11.6 Å². The van der Waals surface area contributed by atoms with E-state index in [-0.39, 0.29) is 34.6 Å². The molecular formula is C23H34O6. The fourth-order valence-electron chi connectivity index (χ4n) is 9.37. The SMILES string of the molecule is C[C@]12C[C@H](O)[C@H]3[C@@H](C[C@@H]4O[C@@]45CC4(CC[C@]35C)OCCO4)[C@@H]1CCC21OCCO1. The molecule has 29 heavy (non-hydrogen) atoms. The third-order valence-corrected chi connectivity index (χ3v) is 10.6. The quantitative estimate of drug-likeness (QED) is 0.624. The van der Waals surface area contributed by atoms with E-state index >= 15 is 0 Å². The minimum atomic E-state index is -0.481. The summed E-state index contributed by atoms with van der Waals surface area (Å²) in [6.45, 7) is 7.46. The minimum Gasteiger partial charge on any atom is -0.393 e. The summed E-state index contributed by atoms with van der Waals surface area (Å²) in [5.74, 6) is 0.350. The number of aliphatic hydroxyl groups is 1. The molecule has 0 amide bonds. The van der Waals surface area contributed by atoms with E-state index in [1.54, 1.807) is 0 Å². The first-order valence-electron chi connectivity index (χ1n) is 11.8. The Morgan fingerprint density at radius 3 is 2.34 bits per heavy atom. The maximum absolute atomic E-state index is 11.6. The summed E-state index contributed by atoms with van der Waals surface area (Å²) in [4.78, 5) is 0. The molecule has 0 aromatic carbocycles. The van der Waals surface area contributed by atoms with Gasteiger partial charge in [-0.15, -0.1) is 0 Å². The molecule has 3 heterocycles. The summed E-state index contributed by atoms with van der Waals surface area (Å²) >= 11 is 0. The molecule has 0 radical (unpaired) electrons. The number of aliphatic hydroxyl groups excluding tert-OH is 1. The Bertz CT molecular complexity index is 729. The molecule has 0 aromatic heterocycles. The minimum absolute atomic E-state index is 0.0188. The van der Waals surface area contributed by atoms with Crippen LogP contribution in [0.5, 0.6) is 0 Å². The summed E-state index contributed by atoms with van der Waals surface area (Å²) in [5.41, 5.74) is -0.305. The van der Waals surface area contributed by atoms with E-state index in [1.165, 1.54) is 0 Å². The van der Waals surface area contributed by atoms with Gasteiger partial charge >= 0.3 is 0 Å². The molecule has 7 fully saturated rings. The van der Waals surface area contributed by atoms with Crippen LogP contribution in [0.25, 0.3) is 0 Å². The standard InChI is InChI=1S/C23H34O6/c1-19-5-6-21(25-7-8-26-21)13-22(19)17(29-22)11-14-15-3-4-23(27-9-10-28-23)20(15,2)12-16(24)18(14)19/h14-18,24H,3-13H2,1-2H3/t14-,15-,16-,17-,18+,19+,20-,22-/m0/s1. The maximum Gasteiger partial charge on any atom is 0.174 e. The van der Waals surface area contributed by atoms with Gasteiger partial charge in [0, 0.05) is 30.1 Å². The molecule has 6 nitrogen and oxygen atoms in total. The molecule has 0 bridgehead atoms. The van der Waals surface area contributed by atoms with Crippen molar-refractivity contribution in [3.63, 3.8) is 0 Å². The molecule has 4 saturated carbocycles. The van der Waals surface area contributed by atoms with Crippen molar-refractivity contribution in [2.75, 3.05) is 26.4 Å². The average molecular weight is 407 g/mol. The smallest absolute Gasteiger partial charge is 0.174 e. The topological polar surface area (TPSA) is 69.7 Å². The summed E-state index contributed by atoms with van der Waals surface area (Å²) in [5, 5.41) is 11.6. The first-order valence-corrected chi connectivity index (χ1v) is 11.8. The molecule has 0 aromatic rings. The van der Waals surface area contributed by atoms with Gasteiger partial charge in [-0.25, -0.2) is 0 Å². The van der Waals surface area contributed by atoms with E-state index in [0.717, 1.165) is 44.9 Å². The lowest BCUT2D eigenvalue weighted by Gasteiger charge is -2.62. The highest BCUT2D eigenvalue weighted by atomic mass is 16.7. The van der Waals surface area contributed by atoms with Crippen molar-refractivity contribution in [2.45, 2.75) is 88.2 Å². The van der Waals surface area contributed by atoms with Crippen LogP contribution in [0, 0.1) is 28.6 Å². The summed E-state index contributed by atoms with van der Waals surface area (Å²) < 4.78 is 31.2. The van der Waals surface area contributed by atoms with Crippen molar-refractivity contribution in [1.82, 2.24) is 0 Å². The monoisotopic (exact) mass is 406 g/mol. The highest BCUT2D eigenvalue weighted by Crippen LogP contribution is 2.75. The number of ether oxygens (including phenoxy) is 5. The van der Waals surface area contributed by atoms with Gasteiger partial charge in [-0.05, 0) is 43.4 Å². The number of epoxide rings is 1. The largest absolute Gasteiger partial charge is 0.393 e. The number of hydrogen-bond donors (Lipinski definition) is 1. The molecule has 3 spiro atoms. The van der Waals surface area contributed by atoms with Crippen molar-refractivity contribution < 1.29 is 28.8 Å². The van der Waals surface area contributed by atoms with Crippen molar-refractivity contribution >= 4 is 0 Å². The van der Waals surface area contributed by atoms with E-state index in [4.69, 9.17) is 23.7 Å². The van der Waals surface area contributed by atoms with E-state index in [2.05, 4.69) is 13.8 Å². The summed E-state index contributed by atoms with van der Waals surface area (Å²) in [6, 6.07) is 0. The van der Waals surface area contributed by atoms with Crippen LogP contribution in [0.3, 0.4) is 0 Å². The lowest BCUT2D eigenvalue weighted by atomic mass is 9.43. The summed E-state index contributed by atoms with van der Waals surface area (Å²) in [6.07, 6.45) is 6.59. The molecule has 3 saturated heterocycles. The molecule has 0 unspecified atom stereocenters. The Morgan fingerprint density at radius 2 is 1.59 bits per heavy atom. The van der Waals surface area contributed by atoms with Crippen molar-refractivity contribution in [3.05, 3.63) is 0 Å².